The Morgan fingerprint density at radius 3 is 2.61 bits per heavy atom. The number of aryl methyl sites for hydroxylation is 2. The summed E-state index contributed by atoms with van der Waals surface area (Å²) in [5.41, 5.74) is 2.60. The molecule has 0 radical (unpaired) electrons. The summed E-state index contributed by atoms with van der Waals surface area (Å²) in [6.07, 6.45) is 0. The summed E-state index contributed by atoms with van der Waals surface area (Å²) in [6.45, 7) is 4.67. The molecule has 7 heteroatoms. The molecule has 0 amide bonds. The molecule has 0 saturated heterocycles. The third-order valence-corrected chi connectivity index (χ3v) is 3.79. The molecule has 23 heavy (non-hydrogen) atoms. The van der Waals surface area contributed by atoms with Crippen LogP contribution in [0.2, 0.25) is 0 Å². The van der Waals surface area contributed by atoms with Crippen LogP contribution in [-0.2, 0) is 20.1 Å². The third-order valence-electron chi connectivity index (χ3n) is 3.79. The summed E-state index contributed by atoms with van der Waals surface area (Å²) in [6, 6.07) is 6.22. The second-order valence-corrected chi connectivity index (χ2v) is 5.37. The lowest BCUT2D eigenvalue weighted by atomic mass is 10.2. The van der Waals surface area contributed by atoms with Crippen LogP contribution in [0.1, 0.15) is 18.2 Å². The molecule has 0 atom stereocenters. The van der Waals surface area contributed by atoms with Gasteiger partial charge in [0.2, 0.25) is 5.95 Å². The van der Waals surface area contributed by atoms with Crippen LogP contribution in [0.3, 0.4) is 0 Å². The summed E-state index contributed by atoms with van der Waals surface area (Å²) < 4.78 is 16.1. The van der Waals surface area contributed by atoms with Crippen LogP contribution in [0, 0.1) is 12.7 Å². The number of nitrogens with one attached hydrogen (secondary N) is 1. The SMILES string of the molecule is CCn1c(NCc2ccc(F)cc2)nc2c(C)nn(C)c2c1=O. The van der Waals surface area contributed by atoms with Crippen LogP contribution in [0.25, 0.3) is 11.0 Å². The van der Waals surface area contributed by atoms with Gasteiger partial charge in [0.1, 0.15) is 11.3 Å². The molecule has 2 heterocycles. The van der Waals surface area contributed by atoms with E-state index < -0.39 is 0 Å². The van der Waals surface area contributed by atoms with E-state index >= 15 is 0 Å². The van der Waals surface area contributed by atoms with Gasteiger partial charge >= 0.3 is 0 Å². The Morgan fingerprint density at radius 1 is 1.26 bits per heavy atom. The van der Waals surface area contributed by atoms with Crippen LogP contribution < -0.4 is 10.9 Å². The number of hydrogen-bond donors (Lipinski definition) is 1. The molecule has 0 unspecified atom stereocenters. The molecule has 120 valence electrons. The summed E-state index contributed by atoms with van der Waals surface area (Å²) in [7, 11) is 1.74. The lowest BCUT2D eigenvalue weighted by Crippen LogP contribution is -2.25. The number of rotatable bonds is 4. The number of fused-ring (bicyclic) bond motifs is 1. The van der Waals surface area contributed by atoms with Crippen LogP contribution >= 0.6 is 0 Å². The standard InChI is InChI=1S/C16H18FN5O/c1-4-22-15(23)14-13(10(2)20-21(14)3)19-16(22)18-9-11-5-7-12(17)8-6-11/h5-8H,4,9H2,1-3H3,(H,18,19). The maximum atomic E-state index is 13.0. The van der Waals surface area contributed by atoms with Gasteiger partial charge in [-0.25, -0.2) is 9.37 Å². The van der Waals surface area contributed by atoms with Crippen LogP contribution in [-0.4, -0.2) is 19.3 Å². The van der Waals surface area contributed by atoms with Crippen molar-refractivity contribution in [1.82, 2.24) is 19.3 Å². The van der Waals surface area contributed by atoms with Gasteiger partial charge in [-0.05, 0) is 31.5 Å². The Hall–Kier alpha value is -2.70. The van der Waals surface area contributed by atoms with Crippen molar-refractivity contribution < 1.29 is 4.39 Å². The molecule has 0 fully saturated rings. The van der Waals surface area contributed by atoms with E-state index in [-0.39, 0.29) is 11.4 Å². The van der Waals surface area contributed by atoms with Gasteiger partial charge < -0.3 is 5.32 Å². The van der Waals surface area contributed by atoms with Crippen molar-refractivity contribution in [3.8, 4) is 0 Å². The van der Waals surface area contributed by atoms with Gasteiger partial charge in [-0.3, -0.25) is 14.0 Å². The Labute approximate surface area is 132 Å². The van der Waals surface area contributed by atoms with E-state index in [9.17, 15) is 9.18 Å². The average molecular weight is 315 g/mol. The Kier molecular flexibility index (Phi) is 3.85. The first kappa shape index (κ1) is 15.2. The number of hydrogen-bond acceptors (Lipinski definition) is 4. The predicted molar refractivity (Wildman–Crippen MR) is 86.9 cm³/mol. The summed E-state index contributed by atoms with van der Waals surface area (Å²) in [5, 5.41) is 7.43. The minimum Gasteiger partial charge on any atom is -0.351 e. The second kappa shape index (κ2) is 5.83. The molecule has 0 aliphatic carbocycles. The second-order valence-electron chi connectivity index (χ2n) is 5.37. The summed E-state index contributed by atoms with van der Waals surface area (Å²) in [4.78, 5) is 17.2. The molecular weight excluding hydrogens is 297 g/mol. The van der Waals surface area contributed by atoms with Gasteiger partial charge in [-0.15, -0.1) is 0 Å². The highest BCUT2D eigenvalue weighted by atomic mass is 19.1. The highest BCUT2D eigenvalue weighted by Gasteiger charge is 2.15. The zero-order chi connectivity index (χ0) is 16.6. The van der Waals surface area contributed by atoms with Gasteiger partial charge in [-0.1, -0.05) is 12.1 Å². The largest absolute Gasteiger partial charge is 0.351 e. The number of benzene rings is 1. The van der Waals surface area contributed by atoms with E-state index in [4.69, 9.17) is 0 Å². The molecule has 3 aromatic rings. The zero-order valence-electron chi connectivity index (χ0n) is 13.3. The minimum atomic E-state index is -0.273. The normalized spacial score (nSPS) is 11.1. The van der Waals surface area contributed by atoms with Crippen molar-refractivity contribution in [3.63, 3.8) is 0 Å². The van der Waals surface area contributed by atoms with Crippen molar-refractivity contribution >= 4 is 17.0 Å². The fourth-order valence-electron chi connectivity index (χ4n) is 2.62. The van der Waals surface area contributed by atoms with E-state index in [0.29, 0.717) is 35.8 Å². The first-order valence-corrected chi connectivity index (χ1v) is 7.43. The molecule has 3 rings (SSSR count). The molecule has 0 saturated carbocycles. The summed E-state index contributed by atoms with van der Waals surface area (Å²) in [5.74, 6) is 0.218. The smallest absolute Gasteiger partial charge is 0.281 e. The molecule has 0 aliphatic rings. The van der Waals surface area contributed by atoms with Gasteiger partial charge in [-0.2, -0.15) is 5.10 Å². The molecular formula is C16H18FN5O. The highest BCUT2D eigenvalue weighted by molar-refractivity contribution is 5.77. The van der Waals surface area contributed by atoms with E-state index in [1.54, 1.807) is 28.4 Å². The Morgan fingerprint density at radius 2 is 1.96 bits per heavy atom. The van der Waals surface area contributed by atoms with Crippen molar-refractivity contribution in [1.29, 1.82) is 0 Å². The minimum absolute atomic E-state index is 0.123. The topological polar surface area (TPSA) is 64.7 Å². The Balaban J connectivity index is 2.01. The maximum Gasteiger partial charge on any atom is 0.281 e. The predicted octanol–water partition coefficient (Wildman–Crippen LogP) is 2.21. The highest BCUT2D eigenvalue weighted by Crippen LogP contribution is 2.15. The molecule has 2 aromatic heterocycles. The zero-order valence-corrected chi connectivity index (χ0v) is 13.3. The van der Waals surface area contributed by atoms with Crippen molar-refractivity contribution in [2.24, 2.45) is 7.05 Å². The summed E-state index contributed by atoms with van der Waals surface area (Å²) >= 11 is 0. The lowest BCUT2D eigenvalue weighted by Gasteiger charge is -2.12. The molecule has 0 aliphatic heterocycles. The fraction of sp³-hybridized carbons (Fsp3) is 0.312. The van der Waals surface area contributed by atoms with Crippen LogP contribution in [0.4, 0.5) is 10.3 Å². The molecule has 0 bridgehead atoms. The van der Waals surface area contributed by atoms with Crippen molar-refractivity contribution in [3.05, 3.63) is 51.7 Å². The van der Waals surface area contributed by atoms with Gasteiger partial charge in [0.05, 0.1) is 5.69 Å². The van der Waals surface area contributed by atoms with Crippen LogP contribution in [0.5, 0.6) is 0 Å². The van der Waals surface area contributed by atoms with Gasteiger partial charge in [0, 0.05) is 20.1 Å². The fourth-order valence-corrected chi connectivity index (χ4v) is 2.62. The maximum absolute atomic E-state index is 13.0. The van der Waals surface area contributed by atoms with E-state index in [1.165, 1.54) is 12.1 Å². The number of anilines is 1. The van der Waals surface area contributed by atoms with Gasteiger partial charge in [0.25, 0.3) is 5.56 Å². The molecule has 1 aromatic carbocycles. The first-order valence-electron chi connectivity index (χ1n) is 7.43. The number of halogens is 1. The third kappa shape index (κ3) is 2.69. The first-order chi connectivity index (χ1) is 11.0. The van der Waals surface area contributed by atoms with Crippen molar-refractivity contribution in [2.45, 2.75) is 26.9 Å². The molecule has 1 N–H and O–H groups in total. The van der Waals surface area contributed by atoms with E-state index in [1.807, 2.05) is 13.8 Å². The number of nitrogens with zero attached hydrogens (tertiary/aromatic N) is 4. The number of aromatic nitrogens is 4. The van der Waals surface area contributed by atoms with E-state index in [2.05, 4.69) is 15.4 Å². The van der Waals surface area contributed by atoms with Crippen molar-refractivity contribution in [2.75, 3.05) is 5.32 Å². The lowest BCUT2D eigenvalue weighted by molar-refractivity contribution is 0.627. The average Bonchev–Trinajstić information content (AvgIpc) is 2.81. The van der Waals surface area contributed by atoms with Crippen LogP contribution in [0.15, 0.2) is 29.1 Å². The molecule has 0 spiro atoms. The van der Waals surface area contributed by atoms with E-state index in [0.717, 1.165) is 5.56 Å². The van der Waals surface area contributed by atoms with Gasteiger partial charge in [0.15, 0.2) is 5.52 Å². The quantitative estimate of drug-likeness (QED) is 0.802. The Bertz CT molecular complexity index is 911. The monoisotopic (exact) mass is 315 g/mol. The molecule has 6 nitrogen and oxygen atoms in total.